The number of alkyl halides is 1. The van der Waals surface area contributed by atoms with E-state index in [1.165, 1.54) is 18.4 Å². The van der Waals surface area contributed by atoms with Crippen LogP contribution < -0.4 is 15.8 Å². The second-order valence-electron chi connectivity index (χ2n) is 7.95. The molecule has 1 aromatic heterocycles. The lowest BCUT2D eigenvalue weighted by Crippen LogP contribution is -2.18. The molecule has 4 atom stereocenters. The molecule has 2 fully saturated rings. The standard InChI is InChI=1S/C21H23FN4O2/c22-15-3-1-2-13(8-15)12-27-16-6-4-14(5-7-16)17-9-21(17)10-18(21)24-11-19-25-26-20(23)28-19/h1-7,15,17-18,24H,8-12H2,(H2,23,26)/t15?,17-,18?,21?/m0/s1. The highest BCUT2D eigenvalue weighted by atomic mass is 19.1. The van der Waals surface area contributed by atoms with Gasteiger partial charge in [0, 0.05) is 12.5 Å². The van der Waals surface area contributed by atoms with Gasteiger partial charge in [0.25, 0.3) is 0 Å². The minimum Gasteiger partial charge on any atom is -0.489 e. The van der Waals surface area contributed by atoms with E-state index in [1.807, 2.05) is 18.2 Å². The number of anilines is 1. The zero-order valence-electron chi connectivity index (χ0n) is 15.5. The lowest BCUT2D eigenvalue weighted by atomic mass is 10.0. The second-order valence-corrected chi connectivity index (χ2v) is 7.95. The minimum atomic E-state index is -0.894. The summed E-state index contributed by atoms with van der Waals surface area (Å²) in [6.45, 7) is 0.991. The zero-order valence-corrected chi connectivity index (χ0v) is 15.5. The van der Waals surface area contributed by atoms with Crippen LogP contribution in [0.4, 0.5) is 10.4 Å². The van der Waals surface area contributed by atoms with Crippen LogP contribution in [0, 0.1) is 5.41 Å². The van der Waals surface area contributed by atoms with Gasteiger partial charge < -0.3 is 20.2 Å². The molecule has 0 amide bonds. The molecule has 2 saturated carbocycles. The maximum Gasteiger partial charge on any atom is 0.312 e. The van der Waals surface area contributed by atoms with Crippen molar-refractivity contribution in [3.63, 3.8) is 0 Å². The van der Waals surface area contributed by atoms with Crippen molar-refractivity contribution in [3.05, 3.63) is 59.5 Å². The van der Waals surface area contributed by atoms with E-state index < -0.39 is 6.17 Å². The molecule has 0 aliphatic heterocycles. The summed E-state index contributed by atoms with van der Waals surface area (Å²) in [4.78, 5) is 0. The average Bonchev–Trinajstić information content (AvgIpc) is 3.56. The van der Waals surface area contributed by atoms with E-state index in [1.54, 1.807) is 12.2 Å². The van der Waals surface area contributed by atoms with Crippen molar-refractivity contribution in [1.82, 2.24) is 15.5 Å². The molecular weight excluding hydrogens is 359 g/mol. The van der Waals surface area contributed by atoms with Crippen LogP contribution in [-0.4, -0.2) is 29.0 Å². The molecule has 1 aromatic carbocycles. The Morgan fingerprint density at radius 2 is 2.11 bits per heavy atom. The first kappa shape index (κ1) is 17.4. The van der Waals surface area contributed by atoms with Crippen molar-refractivity contribution < 1.29 is 13.5 Å². The predicted octanol–water partition coefficient (Wildman–Crippen LogP) is 3.29. The number of rotatable bonds is 7. The number of halogens is 1. The third-order valence-corrected chi connectivity index (χ3v) is 6.03. The number of nitrogens with zero attached hydrogens (tertiary/aromatic N) is 2. The van der Waals surface area contributed by atoms with Gasteiger partial charge in [0.1, 0.15) is 18.5 Å². The Hall–Kier alpha value is -2.67. The highest BCUT2D eigenvalue weighted by Crippen LogP contribution is 2.74. The Kier molecular flexibility index (Phi) is 4.19. The highest BCUT2D eigenvalue weighted by Gasteiger charge is 2.70. The fraction of sp³-hybridized carbons (Fsp3) is 0.429. The fourth-order valence-electron chi connectivity index (χ4n) is 4.30. The topological polar surface area (TPSA) is 86.2 Å². The Morgan fingerprint density at radius 3 is 2.86 bits per heavy atom. The lowest BCUT2D eigenvalue weighted by Gasteiger charge is -2.13. The summed E-state index contributed by atoms with van der Waals surface area (Å²) >= 11 is 0. The van der Waals surface area contributed by atoms with E-state index >= 15 is 0 Å². The molecule has 0 saturated heterocycles. The molecule has 28 heavy (non-hydrogen) atoms. The monoisotopic (exact) mass is 382 g/mol. The number of aromatic nitrogens is 2. The second kappa shape index (κ2) is 6.74. The summed E-state index contributed by atoms with van der Waals surface area (Å²) in [5.74, 6) is 1.94. The Balaban J connectivity index is 1.11. The summed E-state index contributed by atoms with van der Waals surface area (Å²) in [6.07, 6.45) is 7.16. The van der Waals surface area contributed by atoms with Gasteiger partial charge in [-0.1, -0.05) is 35.5 Å². The number of ether oxygens (including phenoxy) is 1. The summed E-state index contributed by atoms with van der Waals surface area (Å²) in [6, 6.07) is 8.92. The Bertz CT molecular complexity index is 923. The van der Waals surface area contributed by atoms with Gasteiger partial charge in [0.05, 0.1) is 6.54 Å². The summed E-state index contributed by atoms with van der Waals surface area (Å²) < 4.78 is 24.4. The van der Waals surface area contributed by atoms with Crippen molar-refractivity contribution in [2.45, 2.75) is 43.9 Å². The Morgan fingerprint density at radius 1 is 1.25 bits per heavy atom. The van der Waals surface area contributed by atoms with Gasteiger partial charge in [-0.15, -0.1) is 5.10 Å². The Labute approximate surface area is 162 Å². The lowest BCUT2D eigenvalue weighted by molar-refractivity contribution is 0.326. The SMILES string of the molecule is Nc1nnc(CNC2CC23C[C@H]3c2ccc(OCC3=CC=CC(F)C3)cc2)o1. The molecule has 3 aliphatic carbocycles. The number of allylic oxidation sites excluding steroid dienone is 3. The third kappa shape index (κ3) is 3.42. The van der Waals surface area contributed by atoms with Crippen LogP contribution in [0.2, 0.25) is 0 Å². The van der Waals surface area contributed by atoms with Crippen LogP contribution in [-0.2, 0) is 6.54 Å². The first-order valence-electron chi connectivity index (χ1n) is 9.67. The van der Waals surface area contributed by atoms with Gasteiger partial charge in [-0.3, -0.25) is 0 Å². The molecule has 6 nitrogen and oxygen atoms in total. The van der Waals surface area contributed by atoms with Crippen molar-refractivity contribution in [2.24, 2.45) is 5.41 Å². The molecule has 1 spiro atoms. The molecule has 3 N–H and O–H groups in total. The molecule has 146 valence electrons. The third-order valence-electron chi connectivity index (χ3n) is 6.03. The first-order chi connectivity index (χ1) is 13.6. The van der Waals surface area contributed by atoms with Crippen LogP contribution in [0.25, 0.3) is 0 Å². The van der Waals surface area contributed by atoms with Crippen molar-refractivity contribution in [2.75, 3.05) is 12.3 Å². The summed E-state index contributed by atoms with van der Waals surface area (Å²) in [7, 11) is 0. The van der Waals surface area contributed by atoms with E-state index in [0.717, 1.165) is 11.3 Å². The van der Waals surface area contributed by atoms with E-state index in [2.05, 4.69) is 27.6 Å². The average molecular weight is 382 g/mol. The van der Waals surface area contributed by atoms with Crippen molar-refractivity contribution in [3.8, 4) is 5.75 Å². The normalized spacial score (nSPS) is 30.3. The molecule has 0 bridgehead atoms. The molecule has 0 radical (unpaired) electrons. The van der Waals surface area contributed by atoms with Gasteiger partial charge in [-0.25, -0.2) is 4.39 Å². The quantitative estimate of drug-likeness (QED) is 0.764. The maximum absolute atomic E-state index is 13.4. The number of nitrogens with two attached hydrogens (primary N) is 1. The highest BCUT2D eigenvalue weighted by molar-refractivity contribution is 5.40. The molecule has 5 rings (SSSR count). The molecule has 3 aliphatic rings. The van der Waals surface area contributed by atoms with Crippen LogP contribution in [0.15, 0.2) is 52.5 Å². The van der Waals surface area contributed by atoms with Gasteiger partial charge >= 0.3 is 6.01 Å². The first-order valence-corrected chi connectivity index (χ1v) is 9.67. The van der Waals surface area contributed by atoms with Crippen LogP contribution in [0.5, 0.6) is 5.75 Å². The smallest absolute Gasteiger partial charge is 0.312 e. The molecule has 3 unspecified atom stereocenters. The van der Waals surface area contributed by atoms with E-state index in [-0.39, 0.29) is 6.01 Å². The van der Waals surface area contributed by atoms with E-state index in [4.69, 9.17) is 14.9 Å². The van der Waals surface area contributed by atoms with Gasteiger partial charge in [-0.05, 0) is 47.4 Å². The number of nitrogens with one attached hydrogen (secondary N) is 1. The van der Waals surface area contributed by atoms with Gasteiger partial charge in [-0.2, -0.15) is 0 Å². The van der Waals surface area contributed by atoms with Crippen molar-refractivity contribution >= 4 is 6.01 Å². The predicted molar refractivity (Wildman–Crippen MR) is 102 cm³/mol. The number of nitrogen functional groups attached to an aromatic ring is 1. The summed E-state index contributed by atoms with van der Waals surface area (Å²) in [5, 5.41) is 11.0. The van der Waals surface area contributed by atoms with E-state index in [9.17, 15) is 4.39 Å². The summed E-state index contributed by atoms with van der Waals surface area (Å²) in [5.41, 5.74) is 8.15. The molecule has 1 heterocycles. The van der Waals surface area contributed by atoms with Crippen molar-refractivity contribution in [1.29, 1.82) is 0 Å². The number of hydrogen-bond donors (Lipinski definition) is 2. The largest absolute Gasteiger partial charge is 0.489 e. The maximum atomic E-state index is 13.4. The fourth-order valence-corrected chi connectivity index (χ4v) is 4.30. The molecule has 2 aromatic rings. The molecule has 7 heteroatoms. The van der Waals surface area contributed by atoms with Crippen LogP contribution in [0.1, 0.15) is 36.6 Å². The van der Waals surface area contributed by atoms with Gasteiger partial charge in [0.15, 0.2) is 0 Å². The zero-order chi connectivity index (χ0) is 19.1. The number of benzene rings is 1. The van der Waals surface area contributed by atoms with Crippen LogP contribution in [0.3, 0.4) is 0 Å². The van der Waals surface area contributed by atoms with Crippen LogP contribution >= 0.6 is 0 Å². The molecular formula is C21H23FN4O2. The number of hydrogen-bond acceptors (Lipinski definition) is 6. The van der Waals surface area contributed by atoms with Gasteiger partial charge in [0.2, 0.25) is 5.89 Å². The van der Waals surface area contributed by atoms with E-state index in [0.29, 0.717) is 42.8 Å². The minimum absolute atomic E-state index is 0.106.